The molecule has 3 aromatic carbocycles. The van der Waals surface area contributed by atoms with Crippen LogP contribution in [0.5, 0.6) is 0 Å². The molecule has 0 radical (unpaired) electrons. The number of carbonyl (C=O) groups excluding carboxylic acids is 1. The van der Waals surface area contributed by atoms with Crippen molar-refractivity contribution in [1.29, 1.82) is 0 Å². The van der Waals surface area contributed by atoms with E-state index in [1.807, 2.05) is 24.3 Å². The number of hydrogen-bond donors (Lipinski definition) is 1. The van der Waals surface area contributed by atoms with Crippen molar-refractivity contribution < 1.29 is 13.6 Å². The minimum absolute atomic E-state index is 0.203. The summed E-state index contributed by atoms with van der Waals surface area (Å²) in [5.41, 5.74) is 2.08. The van der Waals surface area contributed by atoms with Gasteiger partial charge in [0.2, 0.25) is 5.89 Å². The number of nitrogens with zero attached hydrogens (tertiary/aromatic N) is 1. The van der Waals surface area contributed by atoms with Crippen LogP contribution in [0.15, 0.2) is 65.1 Å². The molecular formula is C22H11Cl2FN2O2S. The lowest BCUT2D eigenvalue weighted by atomic mass is 10.2. The van der Waals surface area contributed by atoms with E-state index < -0.39 is 5.82 Å². The van der Waals surface area contributed by atoms with Crippen molar-refractivity contribution in [2.45, 2.75) is 0 Å². The van der Waals surface area contributed by atoms with Crippen molar-refractivity contribution >= 4 is 67.3 Å². The van der Waals surface area contributed by atoms with Gasteiger partial charge in [-0.3, -0.25) is 4.79 Å². The van der Waals surface area contributed by atoms with E-state index in [0.29, 0.717) is 32.3 Å². The van der Waals surface area contributed by atoms with Crippen LogP contribution >= 0.6 is 34.5 Å². The number of halogens is 3. The van der Waals surface area contributed by atoms with Crippen LogP contribution in [0.3, 0.4) is 0 Å². The van der Waals surface area contributed by atoms with Gasteiger partial charge in [-0.1, -0.05) is 41.4 Å². The predicted octanol–water partition coefficient (Wildman–Crippen LogP) is 7.41. The minimum atomic E-state index is -0.440. The Bertz CT molecular complexity index is 1440. The number of thiophene rings is 1. The zero-order valence-electron chi connectivity index (χ0n) is 15.1. The number of anilines is 1. The maximum Gasteiger partial charge on any atom is 0.267 e. The van der Waals surface area contributed by atoms with Crippen molar-refractivity contribution in [3.63, 3.8) is 0 Å². The van der Waals surface area contributed by atoms with Crippen LogP contribution in [0, 0.1) is 5.82 Å². The first-order valence-corrected chi connectivity index (χ1v) is 10.4. The summed E-state index contributed by atoms with van der Waals surface area (Å²) in [7, 11) is 0. The van der Waals surface area contributed by atoms with E-state index >= 15 is 0 Å². The number of carbonyl (C=O) groups is 1. The summed E-state index contributed by atoms with van der Waals surface area (Å²) in [5, 5.41) is 4.34. The van der Waals surface area contributed by atoms with Crippen molar-refractivity contribution in [3.8, 4) is 11.5 Å². The highest BCUT2D eigenvalue weighted by atomic mass is 35.5. The maximum atomic E-state index is 13.3. The molecule has 0 bridgehead atoms. The SMILES string of the molecule is O=C(Nc1ccc2oc(-c3ccc(F)cc3Cl)nc2c1)c1sc2ccccc2c1Cl. The van der Waals surface area contributed by atoms with E-state index in [4.69, 9.17) is 27.6 Å². The molecule has 2 heterocycles. The molecule has 4 nitrogen and oxygen atoms in total. The molecule has 5 aromatic rings. The van der Waals surface area contributed by atoms with Crippen molar-refractivity contribution in [1.82, 2.24) is 4.98 Å². The average molecular weight is 457 g/mol. The number of amides is 1. The van der Waals surface area contributed by atoms with Crippen LogP contribution in [0.4, 0.5) is 10.1 Å². The summed E-state index contributed by atoms with van der Waals surface area (Å²) in [6, 6.07) is 16.7. The second kappa shape index (κ2) is 7.40. The fourth-order valence-corrected chi connectivity index (χ4v) is 4.79. The average Bonchev–Trinajstić information content (AvgIpc) is 3.29. The van der Waals surface area contributed by atoms with E-state index in [-0.39, 0.29) is 16.8 Å². The Kier molecular flexibility index (Phi) is 4.70. The van der Waals surface area contributed by atoms with E-state index in [2.05, 4.69) is 10.3 Å². The van der Waals surface area contributed by atoms with Gasteiger partial charge in [0.1, 0.15) is 16.2 Å². The highest BCUT2D eigenvalue weighted by molar-refractivity contribution is 7.21. The number of benzene rings is 3. The third kappa shape index (κ3) is 3.33. The van der Waals surface area contributed by atoms with Gasteiger partial charge in [-0.2, -0.15) is 0 Å². The Balaban J connectivity index is 1.46. The van der Waals surface area contributed by atoms with E-state index in [1.165, 1.54) is 29.5 Å². The summed E-state index contributed by atoms with van der Waals surface area (Å²) in [6.45, 7) is 0. The molecule has 0 atom stereocenters. The summed E-state index contributed by atoms with van der Waals surface area (Å²) < 4.78 is 20.0. The standard InChI is InChI=1S/C22H11Cl2FN2O2S/c23-15-9-11(25)5-7-13(15)22-27-16-10-12(6-8-17(16)29-22)26-21(28)20-19(24)14-3-1-2-4-18(14)30-20/h1-10H,(H,26,28). The zero-order valence-corrected chi connectivity index (χ0v) is 17.4. The molecule has 5 rings (SSSR count). The second-order valence-corrected chi connectivity index (χ2v) is 8.36. The van der Waals surface area contributed by atoms with Gasteiger partial charge in [-0.15, -0.1) is 11.3 Å². The first-order chi connectivity index (χ1) is 14.5. The van der Waals surface area contributed by atoms with Gasteiger partial charge in [-0.05, 0) is 42.5 Å². The lowest BCUT2D eigenvalue weighted by Gasteiger charge is -2.03. The Hall–Kier alpha value is -2.93. The van der Waals surface area contributed by atoms with Gasteiger partial charge in [0, 0.05) is 15.8 Å². The van der Waals surface area contributed by atoms with Crippen LogP contribution < -0.4 is 5.32 Å². The zero-order chi connectivity index (χ0) is 20.8. The normalized spacial score (nSPS) is 11.3. The van der Waals surface area contributed by atoms with Gasteiger partial charge in [0.25, 0.3) is 5.91 Å². The van der Waals surface area contributed by atoms with Gasteiger partial charge in [0.15, 0.2) is 5.58 Å². The number of fused-ring (bicyclic) bond motifs is 2. The quantitative estimate of drug-likeness (QED) is 0.307. The fourth-order valence-electron chi connectivity index (χ4n) is 3.13. The van der Waals surface area contributed by atoms with Gasteiger partial charge < -0.3 is 9.73 Å². The first kappa shape index (κ1) is 19.1. The van der Waals surface area contributed by atoms with Crippen molar-refractivity contribution in [3.05, 3.63) is 81.4 Å². The molecule has 0 spiro atoms. The molecular weight excluding hydrogens is 446 g/mol. The maximum absolute atomic E-state index is 13.3. The summed E-state index contributed by atoms with van der Waals surface area (Å²) in [5.74, 6) is -0.471. The number of hydrogen-bond acceptors (Lipinski definition) is 4. The predicted molar refractivity (Wildman–Crippen MR) is 119 cm³/mol. The molecule has 0 aliphatic heterocycles. The summed E-state index contributed by atoms with van der Waals surface area (Å²) >= 11 is 13.8. The highest BCUT2D eigenvalue weighted by Gasteiger charge is 2.18. The largest absolute Gasteiger partial charge is 0.436 e. The molecule has 148 valence electrons. The van der Waals surface area contributed by atoms with Crippen molar-refractivity contribution in [2.24, 2.45) is 0 Å². The molecule has 0 saturated heterocycles. The lowest BCUT2D eigenvalue weighted by molar-refractivity contribution is 0.103. The second-order valence-electron chi connectivity index (χ2n) is 6.52. The van der Waals surface area contributed by atoms with Gasteiger partial charge >= 0.3 is 0 Å². The first-order valence-electron chi connectivity index (χ1n) is 8.84. The molecule has 0 saturated carbocycles. The monoisotopic (exact) mass is 456 g/mol. The third-order valence-corrected chi connectivity index (χ3v) is 6.54. The smallest absolute Gasteiger partial charge is 0.267 e. The topological polar surface area (TPSA) is 55.1 Å². The lowest BCUT2D eigenvalue weighted by Crippen LogP contribution is -2.10. The Morgan fingerprint density at radius 2 is 1.90 bits per heavy atom. The molecule has 8 heteroatoms. The van der Waals surface area contributed by atoms with Crippen LogP contribution in [0.1, 0.15) is 9.67 Å². The van der Waals surface area contributed by atoms with E-state index in [9.17, 15) is 9.18 Å². The van der Waals surface area contributed by atoms with E-state index in [1.54, 1.807) is 18.2 Å². The van der Waals surface area contributed by atoms with Crippen LogP contribution in [-0.4, -0.2) is 10.9 Å². The molecule has 1 amide bonds. The molecule has 0 aliphatic carbocycles. The van der Waals surface area contributed by atoms with Crippen LogP contribution in [0.25, 0.3) is 32.6 Å². The summed E-state index contributed by atoms with van der Waals surface area (Å²) in [6.07, 6.45) is 0. The molecule has 0 unspecified atom stereocenters. The number of nitrogens with one attached hydrogen (secondary N) is 1. The Labute approximate surface area is 183 Å². The molecule has 30 heavy (non-hydrogen) atoms. The highest BCUT2D eigenvalue weighted by Crippen LogP contribution is 2.36. The van der Waals surface area contributed by atoms with E-state index in [0.717, 1.165) is 10.1 Å². The fraction of sp³-hybridized carbons (Fsp3) is 0. The Morgan fingerprint density at radius 3 is 2.70 bits per heavy atom. The minimum Gasteiger partial charge on any atom is -0.436 e. The number of aromatic nitrogens is 1. The van der Waals surface area contributed by atoms with Crippen LogP contribution in [0.2, 0.25) is 10.0 Å². The molecule has 0 aliphatic rings. The Morgan fingerprint density at radius 1 is 1.07 bits per heavy atom. The summed E-state index contributed by atoms with van der Waals surface area (Å²) in [4.78, 5) is 17.6. The van der Waals surface area contributed by atoms with Gasteiger partial charge in [-0.25, -0.2) is 9.37 Å². The molecule has 2 aromatic heterocycles. The third-order valence-electron chi connectivity index (χ3n) is 4.55. The van der Waals surface area contributed by atoms with Crippen molar-refractivity contribution in [2.75, 3.05) is 5.32 Å². The van der Waals surface area contributed by atoms with Crippen LogP contribution in [-0.2, 0) is 0 Å². The number of oxazole rings is 1. The molecule has 0 fully saturated rings. The molecule has 1 N–H and O–H groups in total. The van der Waals surface area contributed by atoms with Gasteiger partial charge in [0.05, 0.1) is 15.6 Å². The number of rotatable bonds is 3.